The molecule has 0 aliphatic rings. The Hall–Kier alpha value is -1.50. The van der Waals surface area contributed by atoms with E-state index in [-0.39, 0.29) is 5.78 Å². The minimum atomic E-state index is -0.922. The van der Waals surface area contributed by atoms with E-state index in [0.717, 1.165) is 7.11 Å². The quantitative estimate of drug-likeness (QED) is 0.361. The second-order valence-corrected chi connectivity index (χ2v) is 1.34. The van der Waals surface area contributed by atoms with Gasteiger partial charge < -0.3 is 9.47 Å². The fraction of sp³-hybridized carbons (Fsp3) is 0.333. The molecule has 0 bridgehead atoms. The van der Waals surface area contributed by atoms with Crippen LogP contribution in [0.4, 0.5) is 4.79 Å². The number of hydrogen-bond acceptors (Lipinski definition) is 4. The lowest BCUT2D eigenvalue weighted by Gasteiger charge is -1.88. The Morgan fingerprint density at radius 3 is 2.40 bits per heavy atom. The van der Waals surface area contributed by atoms with Gasteiger partial charge in [0.1, 0.15) is 6.11 Å². The highest BCUT2D eigenvalue weighted by Crippen LogP contribution is 1.77. The Balaban J connectivity index is 3.66. The Morgan fingerprint density at radius 2 is 2.00 bits per heavy atom. The maximum absolute atomic E-state index is 10.1. The van der Waals surface area contributed by atoms with Gasteiger partial charge in [0.05, 0.1) is 7.11 Å². The summed E-state index contributed by atoms with van der Waals surface area (Å²) in [4.78, 5) is 20.2. The van der Waals surface area contributed by atoms with Crippen LogP contribution in [0.1, 0.15) is 6.92 Å². The normalized spacial score (nSPS) is 7.00. The summed E-state index contributed by atoms with van der Waals surface area (Å²) in [5.74, 6) is 1.63. The first-order chi connectivity index (χ1) is 4.66. The van der Waals surface area contributed by atoms with Crippen LogP contribution in [-0.2, 0) is 14.3 Å². The predicted molar refractivity (Wildman–Crippen MR) is 31.9 cm³/mol. The van der Waals surface area contributed by atoms with Crippen molar-refractivity contribution >= 4 is 11.9 Å². The molecule has 0 aliphatic heterocycles. The summed E-state index contributed by atoms with van der Waals surface area (Å²) in [5.41, 5.74) is 0. The number of rotatable bonds is 0. The number of methoxy groups -OCH3 is 1. The first-order valence-electron chi connectivity index (χ1n) is 2.43. The predicted octanol–water partition coefficient (Wildman–Crippen LogP) is 0.319. The van der Waals surface area contributed by atoms with Crippen LogP contribution in [0.25, 0.3) is 0 Å². The third-order valence-electron chi connectivity index (χ3n) is 0.528. The summed E-state index contributed by atoms with van der Waals surface area (Å²) in [5, 5.41) is 0. The van der Waals surface area contributed by atoms with E-state index in [9.17, 15) is 9.59 Å². The Morgan fingerprint density at radius 1 is 1.40 bits per heavy atom. The van der Waals surface area contributed by atoms with Crippen molar-refractivity contribution in [2.75, 3.05) is 7.11 Å². The molecule has 0 heterocycles. The maximum Gasteiger partial charge on any atom is 0.522 e. The molecule has 0 spiro atoms. The number of carbonyl (C=O) groups excluding carboxylic acids is 2. The highest BCUT2D eigenvalue weighted by atomic mass is 16.7. The maximum atomic E-state index is 10.1. The van der Waals surface area contributed by atoms with E-state index in [1.165, 1.54) is 6.92 Å². The molecule has 10 heavy (non-hydrogen) atoms. The van der Waals surface area contributed by atoms with Crippen molar-refractivity contribution in [1.29, 1.82) is 0 Å². The van der Waals surface area contributed by atoms with Crippen molar-refractivity contribution in [1.82, 2.24) is 0 Å². The van der Waals surface area contributed by atoms with Crippen LogP contribution in [0.5, 0.6) is 0 Å². The summed E-state index contributed by atoms with van der Waals surface area (Å²) in [7, 11) is 1.15. The van der Waals surface area contributed by atoms with Crippen molar-refractivity contribution in [2.24, 2.45) is 0 Å². The SMILES string of the molecule is COC(=O)OC#CC(C)=O. The summed E-state index contributed by atoms with van der Waals surface area (Å²) in [6, 6.07) is 0. The van der Waals surface area contributed by atoms with Crippen LogP contribution in [0.15, 0.2) is 0 Å². The molecule has 0 aromatic heterocycles. The van der Waals surface area contributed by atoms with E-state index in [1.54, 1.807) is 0 Å². The van der Waals surface area contributed by atoms with Gasteiger partial charge >= 0.3 is 6.16 Å². The summed E-state index contributed by atoms with van der Waals surface area (Å²) in [6.45, 7) is 1.26. The fourth-order valence-electron chi connectivity index (χ4n) is 0.181. The van der Waals surface area contributed by atoms with E-state index in [2.05, 4.69) is 9.47 Å². The molecular weight excluding hydrogens is 136 g/mol. The van der Waals surface area contributed by atoms with Crippen LogP contribution in [0, 0.1) is 12.0 Å². The van der Waals surface area contributed by atoms with E-state index in [0.29, 0.717) is 0 Å². The molecule has 4 heteroatoms. The molecule has 0 aromatic rings. The van der Waals surface area contributed by atoms with E-state index < -0.39 is 6.16 Å². The zero-order valence-corrected chi connectivity index (χ0v) is 5.63. The molecule has 54 valence electrons. The highest BCUT2D eigenvalue weighted by molar-refractivity contribution is 5.93. The van der Waals surface area contributed by atoms with Gasteiger partial charge in [-0.05, 0) is 0 Å². The number of ketones is 1. The van der Waals surface area contributed by atoms with Crippen LogP contribution in [0.2, 0.25) is 0 Å². The van der Waals surface area contributed by atoms with Crippen molar-refractivity contribution < 1.29 is 19.1 Å². The third-order valence-corrected chi connectivity index (χ3v) is 0.528. The minimum absolute atomic E-state index is 0.371. The third kappa shape index (κ3) is 4.65. The van der Waals surface area contributed by atoms with E-state index >= 15 is 0 Å². The van der Waals surface area contributed by atoms with E-state index in [4.69, 9.17) is 0 Å². The summed E-state index contributed by atoms with van der Waals surface area (Å²) < 4.78 is 8.12. The van der Waals surface area contributed by atoms with Crippen LogP contribution >= 0.6 is 0 Å². The lowest BCUT2D eigenvalue weighted by molar-refractivity contribution is -0.111. The van der Waals surface area contributed by atoms with Crippen LogP contribution in [0.3, 0.4) is 0 Å². The Bertz CT molecular complexity index is 196. The lowest BCUT2D eigenvalue weighted by Crippen LogP contribution is -1.98. The van der Waals surface area contributed by atoms with Gasteiger partial charge in [0, 0.05) is 12.8 Å². The first-order valence-corrected chi connectivity index (χ1v) is 2.43. The summed E-state index contributed by atoms with van der Waals surface area (Å²) >= 11 is 0. The van der Waals surface area contributed by atoms with Crippen LogP contribution in [-0.4, -0.2) is 19.0 Å². The minimum Gasteiger partial charge on any atom is -0.437 e. The van der Waals surface area contributed by atoms with Crippen molar-refractivity contribution in [3.8, 4) is 12.0 Å². The second kappa shape index (κ2) is 4.39. The number of carbonyl (C=O) groups is 2. The molecule has 0 amide bonds. The van der Waals surface area contributed by atoms with Gasteiger partial charge in [-0.25, -0.2) is 4.79 Å². The number of ether oxygens (including phenoxy) is 2. The highest BCUT2D eigenvalue weighted by Gasteiger charge is 1.94. The molecule has 0 saturated carbocycles. The molecule has 4 nitrogen and oxygen atoms in total. The molecule has 0 unspecified atom stereocenters. The smallest absolute Gasteiger partial charge is 0.437 e. The largest absolute Gasteiger partial charge is 0.522 e. The molecule has 0 N–H and O–H groups in total. The zero-order chi connectivity index (χ0) is 7.98. The monoisotopic (exact) mass is 142 g/mol. The van der Waals surface area contributed by atoms with Crippen LogP contribution < -0.4 is 0 Å². The van der Waals surface area contributed by atoms with Crippen molar-refractivity contribution in [3.05, 3.63) is 0 Å². The average Bonchev–Trinajstić information content (AvgIpc) is 1.87. The van der Waals surface area contributed by atoms with Gasteiger partial charge in [-0.15, -0.1) is 0 Å². The zero-order valence-electron chi connectivity index (χ0n) is 5.63. The van der Waals surface area contributed by atoms with Crippen molar-refractivity contribution in [2.45, 2.75) is 6.92 Å². The number of hydrogen-bond donors (Lipinski definition) is 0. The van der Waals surface area contributed by atoms with Gasteiger partial charge in [0.25, 0.3) is 0 Å². The standard InChI is InChI=1S/C6H6O4/c1-5(7)3-4-10-6(8)9-2/h1-2H3. The Labute approximate surface area is 58.1 Å². The van der Waals surface area contributed by atoms with Gasteiger partial charge in [-0.2, -0.15) is 0 Å². The van der Waals surface area contributed by atoms with Crippen molar-refractivity contribution in [3.63, 3.8) is 0 Å². The molecule has 0 saturated heterocycles. The summed E-state index contributed by atoms with van der Waals surface area (Å²) in [6.07, 6.45) is 0.939. The van der Waals surface area contributed by atoms with Gasteiger partial charge in [-0.1, -0.05) is 0 Å². The molecule has 0 aromatic carbocycles. The molecule has 0 aliphatic carbocycles. The molecule has 0 fully saturated rings. The van der Waals surface area contributed by atoms with Gasteiger partial charge in [0.2, 0.25) is 5.78 Å². The molecular formula is C6H6O4. The molecule has 0 radical (unpaired) electrons. The average molecular weight is 142 g/mol. The van der Waals surface area contributed by atoms with E-state index in [1.807, 2.05) is 12.0 Å². The molecule has 0 atom stereocenters. The fourth-order valence-corrected chi connectivity index (χ4v) is 0.181. The van der Waals surface area contributed by atoms with Gasteiger partial charge in [-0.3, -0.25) is 4.79 Å². The van der Waals surface area contributed by atoms with Gasteiger partial charge in [0.15, 0.2) is 0 Å². The first kappa shape index (κ1) is 8.50. The topological polar surface area (TPSA) is 52.6 Å². The second-order valence-electron chi connectivity index (χ2n) is 1.34. The Kier molecular flexibility index (Phi) is 3.73. The molecule has 0 rings (SSSR count). The number of Topliss-reactive ketones (excluding diaryl/α,β-unsaturated/α-hetero) is 1. The lowest BCUT2D eigenvalue weighted by atomic mass is 10.5.